The van der Waals surface area contributed by atoms with Crippen LogP contribution >= 0.6 is 0 Å². The van der Waals surface area contributed by atoms with Crippen LogP contribution in [0.4, 0.5) is 0 Å². The summed E-state index contributed by atoms with van der Waals surface area (Å²) in [6.07, 6.45) is 14.2. The van der Waals surface area contributed by atoms with Crippen LogP contribution in [0, 0.1) is 5.92 Å². The van der Waals surface area contributed by atoms with Gasteiger partial charge in [-0.25, -0.2) is 0 Å². The van der Waals surface area contributed by atoms with Gasteiger partial charge in [-0.2, -0.15) is 0 Å². The topological polar surface area (TPSA) is 12.0 Å². The monoisotopic (exact) mass is 207 g/mol. The predicted molar refractivity (Wildman–Crippen MR) is 66.0 cm³/mol. The number of fused-ring (bicyclic) bond motifs is 1. The summed E-state index contributed by atoms with van der Waals surface area (Å²) in [5.41, 5.74) is 1.54. The molecule has 1 heteroatoms. The third kappa shape index (κ3) is 3.34. The first kappa shape index (κ1) is 11.2. The molecule has 1 heterocycles. The molecule has 2 atom stereocenters. The largest absolute Gasteiger partial charge is 0.310 e. The fourth-order valence-corrected chi connectivity index (χ4v) is 2.58. The zero-order valence-corrected chi connectivity index (χ0v) is 10.1. The van der Waals surface area contributed by atoms with E-state index in [1.807, 2.05) is 0 Å². The van der Waals surface area contributed by atoms with Crippen LogP contribution in [0.25, 0.3) is 0 Å². The van der Waals surface area contributed by atoms with Gasteiger partial charge in [-0.1, -0.05) is 50.2 Å². The standard InChI is InChI=1S/C10H17N.C4H8/c1-8-6-9-4-2-3-5-10(9)11-7-8;1-2-4-3-1/h6,9-11H,2-5,7H2,1H3;1-4H2. The van der Waals surface area contributed by atoms with Crippen molar-refractivity contribution in [3.8, 4) is 0 Å². The minimum Gasteiger partial charge on any atom is -0.310 e. The van der Waals surface area contributed by atoms with E-state index < -0.39 is 0 Å². The predicted octanol–water partition coefficient (Wildman–Crippen LogP) is 3.66. The van der Waals surface area contributed by atoms with Gasteiger partial charge in [0.15, 0.2) is 0 Å². The summed E-state index contributed by atoms with van der Waals surface area (Å²) in [6, 6.07) is 0.812. The SMILES string of the molecule is C1CCC1.CC1=CC2CCCCC2NC1. The zero-order chi connectivity index (χ0) is 10.5. The number of hydrogen-bond acceptors (Lipinski definition) is 1. The molecule has 1 N–H and O–H groups in total. The molecular weight excluding hydrogens is 182 g/mol. The Morgan fingerprint density at radius 2 is 1.67 bits per heavy atom. The third-order valence-corrected chi connectivity index (χ3v) is 3.96. The number of nitrogens with one attached hydrogen (secondary N) is 1. The Morgan fingerprint density at radius 1 is 1.00 bits per heavy atom. The summed E-state index contributed by atoms with van der Waals surface area (Å²) < 4.78 is 0. The van der Waals surface area contributed by atoms with Gasteiger partial charge in [-0.05, 0) is 25.7 Å². The van der Waals surface area contributed by atoms with E-state index in [4.69, 9.17) is 0 Å². The van der Waals surface area contributed by atoms with Crippen LogP contribution in [-0.4, -0.2) is 12.6 Å². The molecule has 1 nitrogen and oxygen atoms in total. The Morgan fingerprint density at radius 3 is 2.33 bits per heavy atom. The van der Waals surface area contributed by atoms with Crippen LogP contribution in [0.15, 0.2) is 11.6 Å². The first-order valence-electron chi connectivity index (χ1n) is 6.77. The highest BCUT2D eigenvalue weighted by atomic mass is 14.9. The van der Waals surface area contributed by atoms with Crippen LogP contribution in [0.2, 0.25) is 0 Å². The van der Waals surface area contributed by atoms with Gasteiger partial charge in [0, 0.05) is 12.6 Å². The van der Waals surface area contributed by atoms with E-state index in [0.717, 1.165) is 18.5 Å². The molecule has 2 unspecified atom stereocenters. The van der Waals surface area contributed by atoms with Crippen molar-refractivity contribution in [2.24, 2.45) is 5.92 Å². The second kappa shape index (κ2) is 5.69. The zero-order valence-electron chi connectivity index (χ0n) is 10.1. The van der Waals surface area contributed by atoms with E-state index in [1.54, 1.807) is 0 Å². The Balaban J connectivity index is 0.000000179. The second-order valence-corrected chi connectivity index (χ2v) is 5.36. The minimum absolute atomic E-state index is 0.812. The Bertz CT molecular complexity index is 211. The first-order chi connectivity index (χ1) is 7.36. The van der Waals surface area contributed by atoms with Gasteiger partial charge in [-0.3, -0.25) is 0 Å². The minimum atomic E-state index is 0.812. The molecule has 0 saturated heterocycles. The number of rotatable bonds is 0. The maximum atomic E-state index is 3.60. The normalized spacial score (nSPS) is 34.1. The summed E-state index contributed by atoms with van der Waals surface area (Å²) in [5, 5.41) is 3.60. The third-order valence-electron chi connectivity index (χ3n) is 3.96. The van der Waals surface area contributed by atoms with Crippen molar-refractivity contribution in [3.05, 3.63) is 11.6 Å². The maximum absolute atomic E-state index is 3.60. The van der Waals surface area contributed by atoms with Crippen molar-refractivity contribution in [1.82, 2.24) is 5.32 Å². The van der Waals surface area contributed by atoms with Crippen LogP contribution in [0.5, 0.6) is 0 Å². The Labute approximate surface area is 94.3 Å². The quantitative estimate of drug-likeness (QED) is 0.598. The molecule has 0 radical (unpaired) electrons. The fraction of sp³-hybridized carbons (Fsp3) is 0.857. The molecule has 1 aliphatic heterocycles. The molecule has 2 saturated carbocycles. The molecule has 2 aliphatic carbocycles. The van der Waals surface area contributed by atoms with Gasteiger partial charge in [-0.15, -0.1) is 0 Å². The summed E-state index contributed by atoms with van der Waals surface area (Å²) in [4.78, 5) is 0. The van der Waals surface area contributed by atoms with E-state index in [0.29, 0.717) is 0 Å². The lowest BCUT2D eigenvalue weighted by Crippen LogP contribution is -2.41. The number of hydrogen-bond donors (Lipinski definition) is 1. The molecule has 0 aromatic rings. The Kier molecular flexibility index (Phi) is 4.25. The van der Waals surface area contributed by atoms with Crippen LogP contribution in [-0.2, 0) is 0 Å². The van der Waals surface area contributed by atoms with Crippen molar-refractivity contribution in [2.75, 3.05) is 6.54 Å². The van der Waals surface area contributed by atoms with Gasteiger partial charge < -0.3 is 5.32 Å². The molecule has 0 bridgehead atoms. The Hall–Kier alpha value is -0.300. The summed E-state index contributed by atoms with van der Waals surface area (Å²) >= 11 is 0. The van der Waals surface area contributed by atoms with Crippen molar-refractivity contribution in [2.45, 2.75) is 64.3 Å². The molecule has 86 valence electrons. The molecular formula is C14H25N. The van der Waals surface area contributed by atoms with Crippen molar-refractivity contribution in [3.63, 3.8) is 0 Å². The van der Waals surface area contributed by atoms with Gasteiger partial charge in [0.25, 0.3) is 0 Å². The molecule has 0 aromatic carbocycles. The van der Waals surface area contributed by atoms with Crippen LogP contribution in [0.3, 0.4) is 0 Å². The second-order valence-electron chi connectivity index (χ2n) is 5.36. The van der Waals surface area contributed by atoms with Gasteiger partial charge in [0.2, 0.25) is 0 Å². The van der Waals surface area contributed by atoms with E-state index in [-0.39, 0.29) is 0 Å². The van der Waals surface area contributed by atoms with Crippen molar-refractivity contribution < 1.29 is 0 Å². The summed E-state index contributed by atoms with van der Waals surface area (Å²) in [6.45, 7) is 3.36. The van der Waals surface area contributed by atoms with Crippen molar-refractivity contribution in [1.29, 1.82) is 0 Å². The lowest BCUT2D eigenvalue weighted by molar-refractivity contribution is 0.299. The molecule has 0 amide bonds. The van der Waals surface area contributed by atoms with E-state index >= 15 is 0 Å². The van der Waals surface area contributed by atoms with E-state index in [1.165, 1.54) is 56.9 Å². The lowest BCUT2D eigenvalue weighted by Gasteiger charge is -2.34. The van der Waals surface area contributed by atoms with Crippen LogP contribution < -0.4 is 5.32 Å². The summed E-state index contributed by atoms with van der Waals surface area (Å²) in [7, 11) is 0. The smallest absolute Gasteiger partial charge is 0.0164 e. The highest BCUT2D eigenvalue weighted by Crippen LogP contribution is 2.28. The highest BCUT2D eigenvalue weighted by molar-refractivity contribution is 5.11. The fourth-order valence-electron chi connectivity index (χ4n) is 2.58. The average molecular weight is 207 g/mol. The average Bonchev–Trinajstić information content (AvgIpc) is 2.15. The van der Waals surface area contributed by atoms with E-state index in [9.17, 15) is 0 Å². The van der Waals surface area contributed by atoms with Gasteiger partial charge >= 0.3 is 0 Å². The molecule has 3 aliphatic rings. The van der Waals surface area contributed by atoms with Gasteiger partial charge in [0.1, 0.15) is 0 Å². The molecule has 0 aromatic heterocycles. The van der Waals surface area contributed by atoms with Gasteiger partial charge in [0.05, 0.1) is 0 Å². The maximum Gasteiger partial charge on any atom is 0.0164 e. The lowest BCUT2D eigenvalue weighted by atomic mass is 9.81. The molecule has 2 fully saturated rings. The molecule has 0 spiro atoms. The molecule has 15 heavy (non-hydrogen) atoms. The highest BCUT2D eigenvalue weighted by Gasteiger charge is 2.25. The van der Waals surface area contributed by atoms with E-state index in [2.05, 4.69) is 18.3 Å². The summed E-state index contributed by atoms with van der Waals surface area (Å²) in [5.74, 6) is 0.859. The van der Waals surface area contributed by atoms with Crippen molar-refractivity contribution >= 4 is 0 Å². The first-order valence-corrected chi connectivity index (χ1v) is 6.77. The van der Waals surface area contributed by atoms with Crippen LogP contribution in [0.1, 0.15) is 58.3 Å². The molecule has 3 rings (SSSR count).